The van der Waals surface area contributed by atoms with Crippen LogP contribution in [-0.4, -0.2) is 45.9 Å². The maximum Gasteiger partial charge on any atom is 0.262 e. The number of rotatable bonds is 4. The van der Waals surface area contributed by atoms with Gasteiger partial charge in [-0.05, 0) is 59.2 Å². The van der Waals surface area contributed by atoms with Crippen molar-refractivity contribution in [2.75, 3.05) is 19.6 Å². The second-order valence-corrected chi connectivity index (χ2v) is 8.56. The molecular formula is C18H26N4O2S. The van der Waals surface area contributed by atoms with E-state index in [4.69, 9.17) is 0 Å². The highest BCUT2D eigenvalue weighted by atomic mass is 32.1. The Labute approximate surface area is 151 Å². The van der Waals surface area contributed by atoms with E-state index in [2.05, 4.69) is 34.0 Å². The summed E-state index contributed by atoms with van der Waals surface area (Å²) in [7, 11) is 0. The number of thiophene rings is 1. The summed E-state index contributed by atoms with van der Waals surface area (Å²) in [4.78, 5) is 35.7. The van der Waals surface area contributed by atoms with Gasteiger partial charge in [0.1, 0.15) is 10.7 Å². The number of aromatic amines is 1. The molecule has 0 aliphatic carbocycles. The van der Waals surface area contributed by atoms with Gasteiger partial charge in [0.05, 0.1) is 10.3 Å². The van der Waals surface area contributed by atoms with E-state index in [0.717, 1.165) is 19.6 Å². The molecule has 136 valence electrons. The van der Waals surface area contributed by atoms with E-state index in [-0.39, 0.29) is 17.0 Å². The van der Waals surface area contributed by atoms with Crippen LogP contribution in [0.15, 0.2) is 4.79 Å². The molecule has 2 aromatic heterocycles. The quantitative estimate of drug-likeness (QED) is 0.876. The monoisotopic (exact) mass is 362 g/mol. The van der Waals surface area contributed by atoms with Crippen molar-refractivity contribution < 1.29 is 4.79 Å². The number of nitrogens with zero attached hydrogens (tertiary/aromatic N) is 2. The Balaban J connectivity index is 1.80. The minimum absolute atomic E-state index is 0.125. The molecular weight excluding hydrogens is 336 g/mol. The molecule has 0 unspecified atom stereocenters. The zero-order valence-corrected chi connectivity index (χ0v) is 16.2. The number of aryl methyl sites for hydroxylation is 2. The number of H-pyrrole nitrogens is 1. The molecule has 1 aliphatic heterocycles. The Kier molecular flexibility index (Phi) is 4.97. The van der Waals surface area contributed by atoms with Gasteiger partial charge in [-0.2, -0.15) is 0 Å². The molecule has 0 saturated carbocycles. The van der Waals surface area contributed by atoms with E-state index in [0.29, 0.717) is 26.5 Å². The number of hydrogen-bond acceptors (Lipinski definition) is 5. The standard InChI is InChI=1S/C18H26N4O2S/c1-11-13-15(23)19-12(2)20-17(13)25-14(11)16(24)21-18(3,4)10-22-8-6-5-7-9-22/h5-10H2,1-4H3,(H,21,24)(H,19,20,23). The molecule has 7 heteroatoms. The van der Waals surface area contributed by atoms with E-state index in [1.165, 1.54) is 30.6 Å². The molecule has 0 atom stereocenters. The largest absolute Gasteiger partial charge is 0.345 e. The van der Waals surface area contributed by atoms with Gasteiger partial charge in [0, 0.05) is 12.1 Å². The third kappa shape index (κ3) is 3.93. The zero-order valence-electron chi connectivity index (χ0n) is 15.4. The van der Waals surface area contributed by atoms with E-state index >= 15 is 0 Å². The predicted octanol–water partition coefficient (Wildman–Crippen LogP) is 2.60. The smallest absolute Gasteiger partial charge is 0.262 e. The number of carbonyl (C=O) groups excluding carboxylic acids is 1. The fourth-order valence-electron chi connectivity index (χ4n) is 3.55. The lowest BCUT2D eigenvalue weighted by Crippen LogP contribution is -2.52. The van der Waals surface area contributed by atoms with Gasteiger partial charge in [-0.15, -0.1) is 11.3 Å². The molecule has 3 rings (SSSR count). The molecule has 1 fully saturated rings. The maximum atomic E-state index is 12.8. The number of likely N-dealkylation sites (tertiary alicyclic amines) is 1. The minimum atomic E-state index is -0.327. The Morgan fingerprint density at radius 1 is 1.28 bits per heavy atom. The van der Waals surface area contributed by atoms with Crippen LogP contribution < -0.4 is 10.9 Å². The second kappa shape index (κ2) is 6.88. The fraction of sp³-hybridized carbons (Fsp3) is 0.611. The van der Waals surface area contributed by atoms with E-state index in [1.807, 2.05) is 6.92 Å². The Hall–Kier alpha value is -1.73. The van der Waals surface area contributed by atoms with Crippen molar-refractivity contribution in [3.8, 4) is 0 Å². The first kappa shape index (κ1) is 18.1. The van der Waals surface area contributed by atoms with Crippen LogP contribution in [0.3, 0.4) is 0 Å². The third-order valence-electron chi connectivity index (χ3n) is 4.64. The SMILES string of the molecule is Cc1nc2sc(C(=O)NC(C)(C)CN3CCCCC3)c(C)c2c(=O)[nH]1. The lowest BCUT2D eigenvalue weighted by atomic mass is 10.0. The number of amides is 1. The van der Waals surface area contributed by atoms with Crippen LogP contribution in [0.4, 0.5) is 0 Å². The van der Waals surface area contributed by atoms with Gasteiger partial charge in [-0.25, -0.2) is 4.98 Å². The Morgan fingerprint density at radius 3 is 2.64 bits per heavy atom. The average Bonchev–Trinajstić information content (AvgIpc) is 2.84. The lowest BCUT2D eigenvalue weighted by molar-refractivity contribution is 0.0882. The van der Waals surface area contributed by atoms with Crippen molar-refractivity contribution in [3.05, 3.63) is 26.6 Å². The van der Waals surface area contributed by atoms with Gasteiger partial charge in [0.25, 0.3) is 11.5 Å². The van der Waals surface area contributed by atoms with E-state index < -0.39 is 0 Å². The lowest BCUT2D eigenvalue weighted by Gasteiger charge is -2.35. The summed E-state index contributed by atoms with van der Waals surface area (Å²) in [6.07, 6.45) is 3.76. The molecule has 1 saturated heterocycles. The summed E-state index contributed by atoms with van der Waals surface area (Å²) in [6, 6.07) is 0. The summed E-state index contributed by atoms with van der Waals surface area (Å²) in [6.45, 7) is 10.7. The van der Waals surface area contributed by atoms with Gasteiger partial charge in [0.15, 0.2) is 0 Å². The Morgan fingerprint density at radius 2 is 1.96 bits per heavy atom. The van der Waals surface area contributed by atoms with E-state index in [1.54, 1.807) is 6.92 Å². The number of fused-ring (bicyclic) bond motifs is 1. The van der Waals surface area contributed by atoms with Crippen molar-refractivity contribution in [2.24, 2.45) is 0 Å². The summed E-state index contributed by atoms with van der Waals surface area (Å²) in [5, 5.41) is 3.67. The Bertz CT molecular complexity index is 847. The predicted molar refractivity (Wildman–Crippen MR) is 102 cm³/mol. The molecule has 0 radical (unpaired) electrons. The number of nitrogens with one attached hydrogen (secondary N) is 2. The number of piperidine rings is 1. The first-order valence-corrected chi connectivity index (χ1v) is 9.63. The third-order valence-corrected chi connectivity index (χ3v) is 5.83. The van der Waals surface area contributed by atoms with Gasteiger partial charge in [-0.3, -0.25) is 9.59 Å². The van der Waals surface area contributed by atoms with Gasteiger partial charge < -0.3 is 15.2 Å². The highest BCUT2D eigenvalue weighted by molar-refractivity contribution is 7.20. The molecule has 6 nitrogen and oxygen atoms in total. The molecule has 3 heterocycles. The topological polar surface area (TPSA) is 78.1 Å². The van der Waals surface area contributed by atoms with Crippen LogP contribution >= 0.6 is 11.3 Å². The number of carbonyl (C=O) groups is 1. The van der Waals surface area contributed by atoms with Crippen LogP contribution in [0.1, 0.15) is 54.2 Å². The van der Waals surface area contributed by atoms with Crippen molar-refractivity contribution >= 4 is 27.5 Å². The molecule has 25 heavy (non-hydrogen) atoms. The second-order valence-electron chi connectivity index (χ2n) is 7.56. The minimum Gasteiger partial charge on any atom is -0.345 e. The summed E-state index contributed by atoms with van der Waals surface area (Å²) in [5.74, 6) is 0.440. The molecule has 2 N–H and O–H groups in total. The summed E-state index contributed by atoms with van der Waals surface area (Å²) in [5.41, 5.74) is 0.204. The van der Waals surface area contributed by atoms with Crippen molar-refractivity contribution in [1.29, 1.82) is 0 Å². The highest BCUT2D eigenvalue weighted by Crippen LogP contribution is 2.27. The van der Waals surface area contributed by atoms with Crippen LogP contribution in [0.2, 0.25) is 0 Å². The maximum absolute atomic E-state index is 12.8. The normalized spacial score (nSPS) is 16.3. The molecule has 0 spiro atoms. The molecule has 2 aromatic rings. The van der Waals surface area contributed by atoms with Crippen molar-refractivity contribution in [3.63, 3.8) is 0 Å². The molecule has 1 amide bonds. The van der Waals surface area contributed by atoms with Crippen LogP contribution in [0, 0.1) is 13.8 Å². The highest BCUT2D eigenvalue weighted by Gasteiger charge is 2.27. The fourth-order valence-corrected chi connectivity index (χ4v) is 4.67. The summed E-state index contributed by atoms with van der Waals surface area (Å²) >= 11 is 1.29. The van der Waals surface area contributed by atoms with E-state index in [9.17, 15) is 9.59 Å². The first-order chi connectivity index (χ1) is 11.8. The van der Waals surface area contributed by atoms with Crippen LogP contribution in [0.25, 0.3) is 10.2 Å². The van der Waals surface area contributed by atoms with Gasteiger partial charge in [0.2, 0.25) is 0 Å². The molecule has 1 aliphatic rings. The number of hydrogen-bond donors (Lipinski definition) is 2. The molecule has 0 bridgehead atoms. The zero-order chi connectivity index (χ0) is 18.2. The first-order valence-electron chi connectivity index (χ1n) is 8.82. The van der Waals surface area contributed by atoms with Gasteiger partial charge in [-0.1, -0.05) is 6.42 Å². The molecule has 0 aromatic carbocycles. The van der Waals surface area contributed by atoms with Crippen LogP contribution in [0.5, 0.6) is 0 Å². The van der Waals surface area contributed by atoms with Crippen molar-refractivity contribution in [2.45, 2.75) is 52.5 Å². The van der Waals surface area contributed by atoms with Crippen LogP contribution in [-0.2, 0) is 0 Å². The number of aromatic nitrogens is 2. The average molecular weight is 362 g/mol. The van der Waals surface area contributed by atoms with Crippen molar-refractivity contribution in [1.82, 2.24) is 20.2 Å². The van der Waals surface area contributed by atoms with Gasteiger partial charge >= 0.3 is 0 Å². The summed E-state index contributed by atoms with van der Waals surface area (Å²) < 4.78 is 0.